The number of carbonyl (C=O) groups excluding carboxylic acids is 2. The van der Waals surface area contributed by atoms with E-state index in [9.17, 15) is 14.0 Å². The topological polar surface area (TPSA) is 58.6 Å². The molecule has 0 heterocycles. The third-order valence-corrected chi connectivity index (χ3v) is 3.50. The molecule has 1 aromatic carbocycles. The number of rotatable bonds is 9. The van der Waals surface area contributed by atoms with Crippen LogP contribution in [0.1, 0.15) is 32.3 Å². The lowest BCUT2D eigenvalue weighted by Crippen LogP contribution is -2.48. The SMILES string of the molecule is CCCC(=O)N(Cc1ccc(F)cc1)[C@@H](C)C(=O)NCCOC. The zero-order chi connectivity index (χ0) is 17.2. The molecule has 0 aliphatic heterocycles. The average Bonchev–Trinajstić information content (AvgIpc) is 2.54. The van der Waals surface area contributed by atoms with Gasteiger partial charge in [0.1, 0.15) is 11.9 Å². The van der Waals surface area contributed by atoms with Gasteiger partial charge >= 0.3 is 0 Å². The van der Waals surface area contributed by atoms with Gasteiger partial charge in [-0.1, -0.05) is 19.1 Å². The van der Waals surface area contributed by atoms with Gasteiger partial charge in [-0.3, -0.25) is 9.59 Å². The zero-order valence-electron chi connectivity index (χ0n) is 14.0. The van der Waals surface area contributed by atoms with Crippen LogP contribution in [0, 0.1) is 5.82 Å². The lowest BCUT2D eigenvalue weighted by molar-refractivity contribution is -0.140. The van der Waals surface area contributed by atoms with Crippen LogP contribution in [0.2, 0.25) is 0 Å². The minimum atomic E-state index is -0.601. The van der Waals surface area contributed by atoms with Gasteiger partial charge in [-0.15, -0.1) is 0 Å². The number of halogens is 1. The molecule has 0 saturated carbocycles. The van der Waals surface area contributed by atoms with E-state index in [2.05, 4.69) is 5.32 Å². The second-order valence-corrected chi connectivity index (χ2v) is 5.36. The second kappa shape index (κ2) is 9.94. The molecule has 2 amide bonds. The molecular weight excluding hydrogens is 299 g/mol. The highest BCUT2D eigenvalue weighted by atomic mass is 19.1. The Morgan fingerprint density at radius 2 is 1.96 bits per heavy atom. The summed E-state index contributed by atoms with van der Waals surface area (Å²) in [6, 6.07) is 5.34. The van der Waals surface area contributed by atoms with Gasteiger partial charge in [0.2, 0.25) is 11.8 Å². The molecule has 1 aromatic rings. The average molecular weight is 324 g/mol. The van der Waals surface area contributed by atoms with E-state index in [-0.39, 0.29) is 24.2 Å². The monoisotopic (exact) mass is 324 g/mol. The number of hydrogen-bond acceptors (Lipinski definition) is 3. The molecule has 1 N–H and O–H groups in total. The maximum atomic E-state index is 13.0. The number of nitrogens with one attached hydrogen (secondary N) is 1. The van der Waals surface area contributed by atoms with Crippen molar-refractivity contribution in [3.63, 3.8) is 0 Å². The Morgan fingerprint density at radius 1 is 1.30 bits per heavy atom. The maximum Gasteiger partial charge on any atom is 0.242 e. The van der Waals surface area contributed by atoms with Gasteiger partial charge in [-0.05, 0) is 31.0 Å². The number of carbonyl (C=O) groups is 2. The predicted octanol–water partition coefficient (Wildman–Crippen LogP) is 2.11. The Hall–Kier alpha value is -1.95. The van der Waals surface area contributed by atoms with Crippen molar-refractivity contribution >= 4 is 11.8 Å². The number of benzene rings is 1. The van der Waals surface area contributed by atoms with Crippen LogP contribution >= 0.6 is 0 Å². The fourth-order valence-corrected chi connectivity index (χ4v) is 2.15. The minimum absolute atomic E-state index is 0.0915. The molecule has 0 aliphatic carbocycles. The number of amides is 2. The van der Waals surface area contributed by atoms with Crippen LogP contribution in [0.15, 0.2) is 24.3 Å². The molecule has 0 radical (unpaired) electrons. The van der Waals surface area contributed by atoms with E-state index in [4.69, 9.17) is 4.74 Å². The molecule has 0 bridgehead atoms. The first-order valence-electron chi connectivity index (χ1n) is 7.80. The van der Waals surface area contributed by atoms with Crippen LogP contribution in [-0.4, -0.2) is 43.0 Å². The van der Waals surface area contributed by atoms with Crippen LogP contribution < -0.4 is 5.32 Å². The predicted molar refractivity (Wildman–Crippen MR) is 86.2 cm³/mol. The Kier molecular flexibility index (Phi) is 8.26. The van der Waals surface area contributed by atoms with Gasteiger partial charge in [0.05, 0.1) is 6.61 Å². The van der Waals surface area contributed by atoms with Gasteiger partial charge < -0.3 is 15.0 Å². The molecule has 128 valence electrons. The molecule has 0 unspecified atom stereocenters. The minimum Gasteiger partial charge on any atom is -0.383 e. The van der Waals surface area contributed by atoms with Crippen molar-refractivity contribution in [1.29, 1.82) is 0 Å². The molecule has 6 heteroatoms. The van der Waals surface area contributed by atoms with E-state index in [0.717, 1.165) is 5.56 Å². The first-order chi connectivity index (χ1) is 11.0. The fourth-order valence-electron chi connectivity index (χ4n) is 2.15. The molecule has 1 atom stereocenters. The lowest BCUT2D eigenvalue weighted by Gasteiger charge is -2.28. The van der Waals surface area contributed by atoms with Crippen LogP contribution in [0.4, 0.5) is 4.39 Å². The Balaban J connectivity index is 2.80. The number of hydrogen-bond donors (Lipinski definition) is 1. The maximum absolute atomic E-state index is 13.0. The smallest absolute Gasteiger partial charge is 0.242 e. The second-order valence-electron chi connectivity index (χ2n) is 5.36. The summed E-state index contributed by atoms with van der Waals surface area (Å²) in [6.07, 6.45) is 1.08. The van der Waals surface area contributed by atoms with Gasteiger partial charge in [0.25, 0.3) is 0 Å². The van der Waals surface area contributed by atoms with Crippen LogP contribution in [0.5, 0.6) is 0 Å². The summed E-state index contributed by atoms with van der Waals surface area (Å²) in [5.41, 5.74) is 0.785. The Labute approximate surface area is 136 Å². The molecule has 1 rings (SSSR count). The van der Waals surface area contributed by atoms with E-state index in [1.54, 1.807) is 26.2 Å². The molecule has 5 nitrogen and oxygen atoms in total. The molecule has 0 fully saturated rings. The van der Waals surface area contributed by atoms with E-state index >= 15 is 0 Å². The van der Waals surface area contributed by atoms with Crippen molar-refractivity contribution in [3.8, 4) is 0 Å². The molecular formula is C17H25FN2O3. The summed E-state index contributed by atoms with van der Waals surface area (Å²) in [6.45, 7) is 4.69. The van der Waals surface area contributed by atoms with E-state index in [1.165, 1.54) is 17.0 Å². The number of nitrogens with zero attached hydrogens (tertiary/aromatic N) is 1. The molecule has 23 heavy (non-hydrogen) atoms. The van der Waals surface area contributed by atoms with Gasteiger partial charge in [0, 0.05) is 26.6 Å². The first kappa shape index (κ1) is 19.1. The van der Waals surface area contributed by atoms with Gasteiger partial charge in [-0.25, -0.2) is 4.39 Å². The third kappa shape index (κ3) is 6.36. The van der Waals surface area contributed by atoms with Crippen molar-refractivity contribution < 1.29 is 18.7 Å². The summed E-state index contributed by atoms with van der Waals surface area (Å²) < 4.78 is 17.9. The Morgan fingerprint density at radius 3 is 2.52 bits per heavy atom. The zero-order valence-corrected chi connectivity index (χ0v) is 14.0. The summed E-state index contributed by atoms with van der Waals surface area (Å²) in [5.74, 6) is -0.648. The first-order valence-corrected chi connectivity index (χ1v) is 7.80. The highest BCUT2D eigenvalue weighted by Crippen LogP contribution is 2.12. The lowest BCUT2D eigenvalue weighted by atomic mass is 10.1. The third-order valence-electron chi connectivity index (χ3n) is 3.50. The number of methoxy groups -OCH3 is 1. The van der Waals surface area contributed by atoms with Crippen molar-refractivity contribution in [3.05, 3.63) is 35.6 Å². The van der Waals surface area contributed by atoms with Crippen molar-refractivity contribution in [1.82, 2.24) is 10.2 Å². The van der Waals surface area contributed by atoms with Crippen molar-refractivity contribution in [2.75, 3.05) is 20.3 Å². The Bertz CT molecular complexity index is 505. The molecule has 0 aliphatic rings. The van der Waals surface area contributed by atoms with E-state index in [0.29, 0.717) is 26.0 Å². The highest BCUT2D eigenvalue weighted by molar-refractivity contribution is 5.87. The summed E-state index contributed by atoms with van der Waals surface area (Å²) in [7, 11) is 1.56. The van der Waals surface area contributed by atoms with Gasteiger partial charge in [-0.2, -0.15) is 0 Å². The quantitative estimate of drug-likeness (QED) is 0.708. The van der Waals surface area contributed by atoms with Crippen LogP contribution in [0.3, 0.4) is 0 Å². The standard InChI is InChI=1S/C17H25FN2O3/c1-4-5-16(21)20(12-14-6-8-15(18)9-7-14)13(2)17(22)19-10-11-23-3/h6-9,13H,4-5,10-12H2,1-3H3,(H,19,22)/t13-/m0/s1. The van der Waals surface area contributed by atoms with E-state index in [1.807, 2.05) is 6.92 Å². The normalized spacial score (nSPS) is 11.8. The van der Waals surface area contributed by atoms with Crippen LogP contribution in [-0.2, 0) is 20.9 Å². The molecule has 0 aromatic heterocycles. The van der Waals surface area contributed by atoms with Gasteiger partial charge in [0.15, 0.2) is 0 Å². The van der Waals surface area contributed by atoms with Crippen molar-refractivity contribution in [2.45, 2.75) is 39.3 Å². The van der Waals surface area contributed by atoms with Crippen LogP contribution in [0.25, 0.3) is 0 Å². The molecule has 0 saturated heterocycles. The summed E-state index contributed by atoms with van der Waals surface area (Å²) in [4.78, 5) is 26.1. The van der Waals surface area contributed by atoms with E-state index < -0.39 is 6.04 Å². The highest BCUT2D eigenvalue weighted by Gasteiger charge is 2.25. The van der Waals surface area contributed by atoms with Crippen molar-refractivity contribution in [2.24, 2.45) is 0 Å². The summed E-state index contributed by atoms with van der Waals surface area (Å²) in [5, 5.41) is 2.74. The molecule has 0 spiro atoms. The fraction of sp³-hybridized carbons (Fsp3) is 0.529. The summed E-state index contributed by atoms with van der Waals surface area (Å²) >= 11 is 0. The largest absolute Gasteiger partial charge is 0.383 e. The number of ether oxygens (including phenoxy) is 1.